The lowest BCUT2D eigenvalue weighted by molar-refractivity contribution is 0.417. The normalized spacial score (nSPS) is 10.2. The van der Waals surface area contributed by atoms with E-state index < -0.39 is 0 Å². The quantitative estimate of drug-likeness (QED) is 0.720. The summed E-state index contributed by atoms with van der Waals surface area (Å²) in [5, 5.41) is 3.17. The Morgan fingerprint density at radius 3 is 2.73 bits per heavy atom. The van der Waals surface area contributed by atoms with Crippen LogP contribution in [0.5, 0.6) is 5.75 Å². The Hall–Kier alpha value is -3.08. The van der Waals surface area contributed by atoms with Gasteiger partial charge in [-0.05, 0) is 30.3 Å². The van der Waals surface area contributed by atoms with Gasteiger partial charge >= 0.3 is 0 Å². The third kappa shape index (κ3) is 2.98. The molecule has 0 bridgehead atoms. The van der Waals surface area contributed by atoms with Crippen molar-refractivity contribution in [1.82, 2.24) is 9.97 Å². The van der Waals surface area contributed by atoms with Crippen LogP contribution in [-0.4, -0.2) is 17.1 Å². The van der Waals surface area contributed by atoms with E-state index in [9.17, 15) is 0 Å². The van der Waals surface area contributed by atoms with E-state index in [2.05, 4.69) is 15.3 Å². The molecule has 110 valence electrons. The van der Waals surface area contributed by atoms with Crippen LogP contribution in [0.4, 0.5) is 17.3 Å². The number of para-hydroxylation sites is 2. The van der Waals surface area contributed by atoms with Gasteiger partial charge in [0.05, 0.1) is 18.5 Å². The molecule has 5 nitrogen and oxygen atoms in total. The van der Waals surface area contributed by atoms with Gasteiger partial charge in [0.25, 0.3) is 0 Å². The number of methoxy groups -OCH3 is 1. The van der Waals surface area contributed by atoms with Crippen LogP contribution in [0.1, 0.15) is 0 Å². The van der Waals surface area contributed by atoms with Crippen molar-refractivity contribution >= 4 is 17.3 Å². The maximum absolute atomic E-state index is 5.82. The molecule has 0 fully saturated rings. The van der Waals surface area contributed by atoms with Crippen molar-refractivity contribution in [3.8, 4) is 17.0 Å². The predicted octanol–water partition coefficient (Wildman–Crippen LogP) is 3.48. The molecule has 1 heterocycles. The Kier molecular flexibility index (Phi) is 3.87. The van der Waals surface area contributed by atoms with Crippen molar-refractivity contribution in [2.24, 2.45) is 0 Å². The highest BCUT2D eigenvalue weighted by molar-refractivity contribution is 5.67. The Morgan fingerprint density at radius 1 is 1.05 bits per heavy atom. The first kappa shape index (κ1) is 13.9. The molecular weight excluding hydrogens is 276 g/mol. The smallest absolute Gasteiger partial charge is 0.227 e. The molecule has 3 N–H and O–H groups in total. The molecule has 0 aliphatic rings. The Labute approximate surface area is 128 Å². The van der Waals surface area contributed by atoms with Crippen molar-refractivity contribution in [2.75, 3.05) is 18.2 Å². The summed E-state index contributed by atoms with van der Waals surface area (Å²) >= 11 is 0. The van der Waals surface area contributed by atoms with Gasteiger partial charge in [0.15, 0.2) is 0 Å². The average molecular weight is 292 g/mol. The standard InChI is InChI=1S/C17H16N4O/c1-22-16-8-3-2-7-15(16)21-17-19-10-9-14(20-17)12-5-4-6-13(18)11-12/h2-11H,18H2,1H3,(H,19,20,21). The van der Waals surface area contributed by atoms with E-state index in [-0.39, 0.29) is 0 Å². The van der Waals surface area contributed by atoms with Gasteiger partial charge < -0.3 is 15.8 Å². The topological polar surface area (TPSA) is 73.1 Å². The van der Waals surface area contributed by atoms with Gasteiger partial charge in [-0.25, -0.2) is 9.97 Å². The van der Waals surface area contributed by atoms with Crippen molar-refractivity contribution in [1.29, 1.82) is 0 Å². The van der Waals surface area contributed by atoms with Crippen LogP contribution in [0.25, 0.3) is 11.3 Å². The summed E-state index contributed by atoms with van der Waals surface area (Å²) in [5.41, 5.74) is 9.09. The maximum Gasteiger partial charge on any atom is 0.227 e. The molecule has 5 heteroatoms. The fourth-order valence-electron chi connectivity index (χ4n) is 2.15. The van der Waals surface area contributed by atoms with Crippen molar-refractivity contribution in [2.45, 2.75) is 0 Å². The first-order chi connectivity index (χ1) is 10.8. The molecule has 0 saturated heterocycles. The fourth-order valence-corrected chi connectivity index (χ4v) is 2.15. The van der Waals surface area contributed by atoms with E-state index in [0.717, 1.165) is 22.7 Å². The van der Waals surface area contributed by atoms with Crippen molar-refractivity contribution < 1.29 is 4.74 Å². The van der Waals surface area contributed by atoms with Crippen LogP contribution in [0, 0.1) is 0 Å². The van der Waals surface area contributed by atoms with Crippen LogP contribution in [0.2, 0.25) is 0 Å². The molecular formula is C17H16N4O. The number of aromatic nitrogens is 2. The van der Waals surface area contributed by atoms with Crippen molar-refractivity contribution in [3.63, 3.8) is 0 Å². The highest BCUT2D eigenvalue weighted by Crippen LogP contribution is 2.26. The Balaban J connectivity index is 1.91. The average Bonchev–Trinajstić information content (AvgIpc) is 2.56. The molecule has 0 aliphatic heterocycles. The monoisotopic (exact) mass is 292 g/mol. The largest absolute Gasteiger partial charge is 0.495 e. The minimum Gasteiger partial charge on any atom is -0.495 e. The second kappa shape index (κ2) is 6.13. The number of benzene rings is 2. The van der Waals surface area contributed by atoms with E-state index in [1.807, 2.05) is 54.6 Å². The van der Waals surface area contributed by atoms with E-state index >= 15 is 0 Å². The zero-order valence-corrected chi connectivity index (χ0v) is 12.2. The molecule has 0 radical (unpaired) electrons. The lowest BCUT2D eigenvalue weighted by Crippen LogP contribution is -1.99. The molecule has 0 aliphatic carbocycles. The molecule has 0 amide bonds. The van der Waals surface area contributed by atoms with E-state index in [4.69, 9.17) is 10.5 Å². The minimum atomic E-state index is 0.504. The maximum atomic E-state index is 5.82. The molecule has 3 rings (SSSR count). The SMILES string of the molecule is COc1ccccc1Nc1nccc(-c2cccc(N)c2)n1. The van der Waals surface area contributed by atoms with Crippen LogP contribution >= 0.6 is 0 Å². The number of hydrogen-bond acceptors (Lipinski definition) is 5. The first-order valence-corrected chi connectivity index (χ1v) is 6.85. The summed E-state index contributed by atoms with van der Waals surface area (Å²) in [6.45, 7) is 0. The number of nitrogens with one attached hydrogen (secondary N) is 1. The summed E-state index contributed by atoms with van der Waals surface area (Å²) in [4.78, 5) is 8.77. The zero-order chi connectivity index (χ0) is 15.4. The molecule has 0 spiro atoms. The van der Waals surface area contributed by atoms with Crippen LogP contribution < -0.4 is 15.8 Å². The number of hydrogen-bond donors (Lipinski definition) is 2. The lowest BCUT2D eigenvalue weighted by Gasteiger charge is -2.10. The second-order valence-corrected chi connectivity index (χ2v) is 4.72. The van der Waals surface area contributed by atoms with E-state index in [0.29, 0.717) is 11.6 Å². The third-order valence-electron chi connectivity index (χ3n) is 3.19. The highest BCUT2D eigenvalue weighted by atomic mass is 16.5. The third-order valence-corrected chi connectivity index (χ3v) is 3.19. The summed E-state index contributed by atoms with van der Waals surface area (Å²) < 4.78 is 5.31. The van der Waals surface area contributed by atoms with Crippen LogP contribution in [0.15, 0.2) is 60.8 Å². The van der Waals surface area contributed by atoms with Gasteiger partial charge in [0.2, 0.25) is 5.95 Å². The van der Waals surface area contributed by atoms with Crippen LogP contribution in [0.3, 0.4) is 0 Å². The molecule has 0 atom stereocenters. The fraction of sp³-hybridized carbons (Fsp3) is 0.0588. The molecule has 2 aromatic carbocycles. The summed E-state index contributed by atoms with van der Waals surface area (Å²) in [5.74, 6) is 1.24. The van der Waals surface area contributed by atoms with Crippen molar-refractivity contribution in [3.05, 3.63) is 60.8 Å². The predicted molar refractivity (Wildman–Crippen MR) is 88.2 cm³/mol. The number of rotatable bonds is 4. The zero-order valence-electron chi connectivity index (χ0n) is 12.2. The van der Waals surface area contributed by atoms with E-state index in [1.165, 1.54) is 0 Å². The van der Waals surface area contributed by atoms with Gasteiger partial charge in [0, 0.05) is 17.4 Å². The van der Waals surface area contributed by atoms with Gasteiger partial charge in [0.1, 0.15) is 5.75 Å². The number of nitrogen functional groups attached to an aromatic ring is 1. The van der Waals surface area contributed by atoms with Gasteiger partial charge in [-0.3, -0.25) is 0 Å². The van der Waals surface area contributed by atoms with E-state index in [1.54, 1.807) is 13.3 Å². The molecule has 0 unspecified atom stereocenters. The number of nitrogens with two attached hydrogens (primary N) is 1. The number of ether oxygens (including phenoxy) is 1. The molecule has 3 aromatic rings. The van der Waals surface area contributed by atoms with Gasteiger partial charge in [-0.15, -0.1) is 0 Å². The highest BCUT2D eigenvalue weighted by Gasteiger charge is 2.06. The minimum absolute atomic E-state index is 0.504. The number of anilines is 3. The summed E-state index contributed by atoms with van der Waals surface area (Å²) in [6, 6.07) is 17.1. The first-order valence-electron chi connectivity index (χ1n) is 6.85. The van der Waals surface area contributed by atoms with Gasteiger partial charge in [-0.2, -0.15) is 0 Å². The van der Waals surface area contributed by atoms with Gasteiger partial charge in [-0.1, -0.05) is 24.3 Å². The molecule has 22 heavy (non-hydrogen) atoms. The summed E-state index contributed by atoms with van der Waals surface area (Å²) in [7, 11) is 1.63. The summed E-state index contributed by atoms with van der Waals surface area (Å²) in [6.07, 6.45) is 1.71. The number of nitrogens with zero attached hydrogens (tertiary/aromatic N) is 2. The second-order valence-electron chi connectivity index (χ2n) is 4.72. The van der Waals surface area contributed by atoms with Crippen LogP contribution in [-0.2, 0) is 0 Å². The molecule has 1 aromatic heterocycles. The lowest BCUT2D eigenvalue weighted by atomic mass is 10.1. The Morgan fingerprint density at radius 2 is 1.91 bits per heavy atom. The Bertz CT molecular complexity index is 789. The molecule has 0 saturated carbocycles.